The molecule has 0 radical (unpaired) electrons. The van der Waals surface area contributed by atoms with Gasteiger partial charge in [-0.2, -0.15) is 0 Å². The molecule has 134 valence electrons. The summed E-state index contributed by atoms with van der Waals surface area (Å²) in [7, 11) is 0. The monoisotopic (exact) mass is 348 g/mol. The van der Waals surface area contributed by atoms with Crippen LogP contribution in [0.1, 0.15) is 40.7 Å². The molecule has 0 aliphatic carbocycles. The molecule has 26 heavy (non-hydrogen) atoms. The van der Waals surface area contributed by atoms with E-state index in [0.29, 0.717) is 17.3 Å². The second kappa shape index (κ2) is 8.00. The van der Waals surface area contributed by atoms with Crippen molar-refractivity contribution in [1.82, 2.24) is 10.3 Å². The number of amides is 1. The highest BCUT2D eigenvalue weighted by Gasteiger charge is 2.19. The summed E-state index contributed by atoms with van der Waals surface area (Å²) in [5, 5.41) is 3.02. The standard InChI is InChI=1S/C22H24N2O2/c1-15-8-7-11-19(14-15)22-24-20(17(3)26-22)21(25)23-16(2)12-13-18-9-5-4-6-10-18/h4-11,14,16H,12-13H2,1-3H3,(H,23,25). The quantitative estimate of drug-likeness (QED) is 0.702. The van der Waals surface area contributed by atoms with Gasteiger partial charge in [-0.15, -0.1) is 0 Å². The highest BCUT2D eigenvalue weighted by atomic mass is 16.4. The van der Waals surface area contributed by atoms with Crippen LogP contribution in [0, 0.1) is 13.8 Å². The highest BCUT2D eigenvalue weighted by molar-refractivity contribution is 5.93. The van der Waals surface area contributed by atoms with Crippen LogP contribution in [0.3, 0.4) is 0 Å². The number of nitrogens with zero attached hydrogens (tertiary/aromatic N) is 1. The fourth-order valence-electron chi connectivity index (χ4n) is 2.90. The van der Waals surface area contributed by atoms with Crippen LogP contribution >= 0.6 is 0 Å². The first kappa shape index (κ1) is 17.9. The summed E-state index contributed by atoms with van der Waals surface area (Å²) in [6, 6.07) is 18.2. The van der Waals surface area contributed by atoms with E-state index < -0.39 is 0 Å². The number of nitrogens with one attached hydrogen (secondary N) is 1. The predicted molar refractivity (Wildman–Crippen MR) is 103 cm³/mol. The number of oxazole rings is 1. The third-order valence-electron chi connectivity index (χ3n) is 4.36. The van der Waals surface area contributed by atoms with Gasteiger partial charge in [-0.25, -0.2) is 4.98 Å². The largest absolute Gasteiger partial charge is 0.441 e. The van der Waals surface area contributed by atoms with E-state index >= 15 is 0 Å². The van der Waals surface area contributed by atoms with Crippen molar-refractivity contribution in [1.29, 1.82) is 0 Å². The van der Waals surface area contributed by atoms with Crippen molar-refractivity contribution in [3.05, 3.63) is 77.2 Å². The number of carbonyl (C=O) groups is 1. The zero-order chi connectivity index (χ0) is 18.5. The lowest BCUT2D eigenvalue weighted by Gasteiger charge is -2.13. The van der Waals surface area contributed by atoms with Gasteiger partial charge in [-0.05, 0) is 51.3 Å². The normalized spacial score (nSPS) is 12.0. The van der Waals surface area contributed by atoms with Gasteiger partial charge in [-0.1, -0.05) is 48.0 Å². The number of carbonyl (C=O) groups excluding carboxylic acids is 1. The van der Waals surface area contributed by atoms with Gasteiger partial charge in [0.05, 0.1) is 0 Å². The summed E-state index contributed by atoms with van der Waals surface area (Å²) >= 11 is 0. The van der Waals surface area contributed by atoms with Crippen LogP contribution in [0.2, 0.25) is 0 Å². The molecule has 1 heterocycles. The van der Waals surface area contributed by atoms with E-state index in [1.807, 2.05) is 56.3 Å². The van der Waals surface area contributed by atoms with Crippen molar-refractivity contribution in [2.24, 2.45) is 0 Å². The van der Waals surface area contributed by atoms with E-state index in [4.69, 9.17) is 4.42 Å². The summed E-state index contributed by atoms with van der Waals surface area (Å²) in [6.45, 7) is 5.80. The van der Waals surface area contributed by atoms with Crippen LogP contribution in [0.25, 0.3) is 11.5 Å². The molecule has 0 saturated heterocycles. The Morgan fingerprint density at radius 3 is 2.62 bits per heavy atom. The summed E-state index contributed by atoms with van der Waals surface area (Å²) in [6.07, 6.45) is 1.80. The van der Waals surface area contributed by atoms with Crippen LogP contribution in [0.5, 0.6) is 0 Å². The Hall–Kier alpha value is -2.88. The van der Waals surface area contributed by atoms with Crippen molar-refractivity contribution in [2.45, 2.75) is 39.7 Å². The second-order valence-corrected chi connectivity index (χ2v) is 6.69. The SMILES string of the molecule is Cc1cccc(-c2nc(C(=O)NC(C)CCc3ccccc3)c(C)o2)c1. The van der Waals surface area contributed by atoms with Crippen LogP contribution in [-0.2, 0) is 6.42 Å². The molecule has 2 aromatic carbocycles. The van der Waals surface area contributed by atoms with Crippen LogP contribution in [0.4, 0.5) is 0 Å². The lowest BCUT2D eigenvalue weighted by molar-refractivity contribution is 0.0932. The maximum atomic E-state index is 12.6. The lowest BCUT2D eigenvalue weighted by atomic mass is 10.1. The summed E-state index contributed by atoms with van der Waals surface area (Å²) in [5.41, 5.74) is 3.63. The van der Waals surface area contributed by atoms with Crippen LogP contribution < -0.4 is 5.32 Å². The zero-order valence-corrected chi connectivity index (χ0v) is 15.5. The first-order valence-electron chi connectivity index (χ1n) is 8.92. The van der Waals surface area contributed by atoms with Crippen molar-refractivity contribution in [2.75, 3.05) is 0 Å². The van der Waals surface area contributed by atoms with Crippen LogP contribution in [0.15, 0.2) is 59.0 Å². The fourth-order valence-corrected chi connectivity index (χ4v) is 2.90. The number of rotatable bonds is 6. The molecule has 0 spiro atoms. The third-order valence-corrected chi connectivity index (χ3v) is 4.36. The van der Waals surface area contributed by atoms with Gasteiger partial charge in [0.15, 0.2) is 5.69 Å². The molecule has 0 fully saturated rings. The predicted octanol–water partition coefficient (Wildman–Crippen LogP) is 4.71. The molecule has 4 nitrogen and oxygen atoms in total. The van der Waals surface area contributed by atoms with Gasteiger partial charge < -0.3 is 9.73 Å². The Kier molecular flexibility index (Phi) is 5.52. The Bertz CT molecular complexity index is 884. The average Bonchev–Trinajstić information content (AvgIpc) is 3.03. The average molecular weight is 348 g/mol. The molecule has 3 rings (SSSR count). The second-order valence-electron chi connectivity index (χ2n) is 6.69. The van der Waals surface area contributed by atoms with Gasteiger partial charge in [0.1, 0.15) is 5.76 Å². The van der Waals surface area contributed by atoms with Crippen molar-refractivity contribution < 1.29 is 9.21 Å². The number of hydrogen-bond acceptors (Lipinski definition) is 3. The van der Waals surface area contributed by atoms with Crippen LogP contribution in [-0.4, -0.2) is 16.9 Å². The van der Waals surface area contributed by atoms with E-state index in [1.54, 1.807) is 6.92 Å². The third kappa shape index (κ3) is 4.39. The summed E-state index contributed by atoms with van der Waals surface area (Å²) < 4.78 is 5.72. The van der Waals surface area contributed by atoms with Gasteiger partial charge >= 0.3 is 0 Å². The Labute approximate surface area is 154 Å². The molecule has 4 heteroatoms. The maximum absolute atomic E-state index is 12.6. The molecule has 1 unspecified atom stereocenters. The number of benzene rings is 2. The number of aromatic nitrogens is 1. The van der Waals surface area contributed by atoms with Crippen molar-refractivity contribution in [3.8, 4) is 11.5 Å². The van der Waals surface area contributed by atoms with E-state index in [-0.39, 0.29) is 11.9 Å². The van der Waals surface area contributed by atoms with Crippen molar-refractivity contribution in [3.63, 3.8) is 0 Å². The minimum absolute atomic E-state index is 0.0567. The molecule has 1 atom stereocenters. The molecule has 0 aliphatic heterocycles. The minimum atomic E-state index is -0.189. The minimum Gasteiger partial charge on any atom is -0.441 e. The Balaban J connectivity index is 1.64. The first-order valence-corrected chi connectivity index (χ1v) is 8.92. The van der Waals surface area contributed by atoms with E-state index in [1.165, 1.54) is 5.56 Å². The van der Waals surface area contributed by atoms with Gasteiger partial charge in [0, 0.05) is 11.6 Å². The molecule has 1 amide bonds. The summed E-state index contributed by atoms with van der Waals surface area (Å²) in [4.78, 5) is 17.0. The molecular weight excluding hydrogens is 324 g/mol. The molecule has 3 aromatic rings. The van der Waals surface area contributed by atoms with Crippen molar-refractivity contribution >= 4 is 5.91 Å². The molecule has 1 N–H and O–H groups in total. The molecule has 0 saturated carbocycles. The topological polar surface area (TPSA) is 55.1 Å². The van der Waals surface area contributed by atoms with E-state index in [2.05, 4.69) is 22.4 Å². The smallest absolute Gasteiger partial charge is 0.273 e. The van der Waals surface area contributed by atoms with E-state index in [9.17, 15) is 4.79 Å². The maximum Gasteiger partial charge on any atom is 0.273 e. The molecule has 0 aliphatic rings. The molecule has 1 aromatic heterocycles. The van der Waals surface area contributed by atoms with Gasteiger partial charge in [-0.3, -0.25) is 4.79 Å². The number of aryl methyl sites for hydroxylation is 3. The van der Waals surface area contributed by atoms with Gasteiger partial charge in [0.25, 0.3) is 5.91 Å². The lowest BCUT2D eigenvalue weighted by Crippen LogP contribution is -2.33. The number of hydrogen-bond donors (Lipinski definition) is 1. The Morgan fingerprint density at radius 2 is 1.88 bits per heavy atom. The fraction of sp³-hybridized carbons (Fsp3) is 0.273. The van der Waals surface area contributed by atoms with E-state index in [0.717, 1.165) is 24.0 Å². The zero-order valence-electron chi connectivity index (χ0n) is 15.5. The van der Waals surface area contributed by atoms with Gasteiger partial charge in [0.2, 0.25) is 5.89 Å². The highest BCUT2D eigenvalue weighted by Crippen LogP contribution is 2.22. The Morgan fingerprint density at radius 1 is 1.12 bits per heavy atom. The molecule has 0 bridgehead atoms. The first-order chi connectivity index (χ1) is 12.5. The summed E-state index contributed by atoms with van der Waals surface area (Å²) in [5.74, 6) is 0.827. The molecular formula is C22H24N2O2.